The molecule has 0 spiro atoms. The SMILES string of the molecule is CN=C(NCCCc1nn(-c2ccccc2)c(N)c1C#N)N(C)Cc1cccc(Cl)c1. The Balaban J connectivity index is 1.58. The smallest absolute Gasteiger partial charge is 0.193 e. The van der Waals surface area contributed by atoms with Crippen molar-refractivity contribution in [2.45, 2.75) is 19.4 Å². The minimum Gasteiger partial charge on any atom is -0.382 e. The molecule has 0 unspecified atom stereocenters. The summed E-state index contributed by atoms with van der Waals surface area (Å²) in [7, 11) is 3.74. The van der Waals surface area contributed by atoms with Gasteiger partial charge in [-0.05, 0) is 42.7 Å². The van der Waals surface area contributed by atoms with Gasteiger partial charge in [0.05, 0.1) is 11.4 Å². The van der Waals surface area contributed by atoms with Gasteiger partial charge >= 0.3 is 0 Å². The molecule has 0 radical (unpaired) electrons. The minimum absolute atomic E-state index is 0.369. The lowest BCUT2D eigenvalue weighted by Crippen LogP contribution is -2.39. The minimum atomic E-state index is 0.369. The Kier molecular flexibility index (Phi) is 7.52. The zero-order valence-corrected chi connectivity index (χ0v) is 18.5. The average Bonchev–Trinajstić information content (AvgIpc) is 3.09. The van der Waals surface area contributed by atoms with Crippen LogP contribution in [0.5, 0.6) is 0 Å². The summed E-state index contributed by atoms with van der Waals surface area (Å²) in [6.45, 7) is 1.38. The number of benzene rings is 2. The van der Waals surface area contributed by atoms with E-state index in [1.807, 2.05) is 66.5 Å². The average molecular weight is 436 g/mol. The summed E-state index contributed by atoms with van der Waals surface area (Å²) in [5.41, 5.74) is 9.26. The number of para-hydroxylation sites is 1. The van der Waals surface area contributed by atoms with Gasteiger partial charge in [0.1, 0.15) is 17.5 Å². The molecule has 0 aliphatic carbocycles. The van der Waals surface area contributed by atoms with Crippen molar-refractivity contribution in [1.82, 2.24) is 20.0 Å². The van der Waals surface area contributed by atoms with Gasteiger partial charge < -0.3 is 16.0 Å². The van der Waals surface area contributed by atoms with Crippen LogP contribution in [0, 0.1) is 11.3 Å². The lowest BCUT2D eigenvalue weighted by atomic mass is 10.1. The second kappa shape index (κ2) is 10.5. The molecular formula is C23H26ClN7. The molecule has 0 saturated carbocycles. The van der Waals surface area contributed by atoms with Crippen LogP contribution in [0.1, 0.15) is 23.2 Å². The van der Waals surface area contributed by atoms with Gasteiger partial charge in [0.15, 0.2) is 5.96 Å². The van der Waals surface area contributed by atoms with Gasteiger partial charge in [-0.25, -0.2) is 4.68 Å². The molecule has 0 aliphatic rings. The van der Waals surface area contributed by atoms with Crippen molar-refractivity contribution in [2.75, 3.05) is 26.4 Å². The molecule has 7 nitrogen and oxygen atoms in total. The van der Waals surface area contributed by atoms with Crippen molar-refractivity contribution < 1.29 is 0 Å². The number of anilines is 1. The zero-order valence-electron chi connectivity index (χ0n) is 17.7. The van der Waals surface area contributed by atoms with E-state index in [-0.39, 0.29) is 0 Å². The number of nitriles is 1. The quantitative estimate of drug-likeness (QED) is 0.335. The van der Waals surface area contributed by atoms with E-state index in [1.165, 1.54) is 0 Å². The predicted octanol–water partition coefficient (Wildman–Crippen LogP) is 3.62. The van der Waals surface area contributed by atoms with Crippen molar-refractivity contribution in [3.8, 4) is 11.8 Å². The summed E-state index contributed by atoms with van der Waals surface area (Å²) in [6, 6.07) is 19.6. The number of aromatic nitrogens is 2. The van der Waals surface area contributed by atoms with Gasteiger partial charge in [0.2, 0.25) is 0 Å². The highest BCUT2D eigenvalue weighted by Gasteiger charge is 2.16. The Labute approximate surface area is 187 Å². The van der Waals surface area contributed by atoms with Crippen molar-refractivity contribution in [2.24, 2.45) is 4.99 Å². The highest BCUT2D eigenvalue weighted by atomic mass is 35.5. The van der Waals surface area contributed by atoms with Gasteiger partial charge in [0, 0.05) is 32.2 Å². The van der Waals surface area contributed by atoms with Crippen molar-refractivity contribution in [3.63, 3.8) is 0 Å². The number of hydrogen-bond acceptors (Lipinski definition) is 4. The van der Waals surface area contributed by atoms with Crippen LogP contribution in [-0.4, -0.2) is 41.3 Å². The lowest BCUT2D eigenvalue weighted by Gasteiger charge is -2.22. The summed E-state index contributed by atoms with van der Waals surface area (Å²) in [5.74, 6) is 1.16. The third-order valence-electron chi connectivity index (χ3n) is 4.86. The van der Waals surface area contributed by atoms with Crippen molar-refractivity contribution >= 4 is 23.4 Å². The predicted molar refractivity (Wildman–Crippen MR) is 125 cm³/mol. The highest BCUT2D eigenvalue weighted by Crippen LogP contribution is 2.21. The van der Waals surface area contributed by atoms with E-state index in [0.29, 0.717) is 36.6 Å². The number of nitrogen functional groups attached to an aromatic ring is 1. The molecule has 31 heavy (non-hydrogen) atoms. The number of nitrogens with one attached hydrogen (secondary N) is 1. The third kappa shape index (κ3) is 5.56. The number of aliphatic imine (C=N–C) groups is 1. The van der Waals surface area contributed by atoms with Crippen LogP contribution in [0.4, 0.5) is 5.82 Å². The lowest BCUT2D eigenvalue weighted by molar-refractivity contribution is 0.475. The molecule has 0 amide bonds. The van der Waals surface area contributed by atoms with E-state index >= 15 is 0 Å². The van der Waals surface area contributed by atoms with E-state index in [0.717, 1.165) is 28.7 Å². The molecule has 0 saturated heterocycles. The highest BCUT2D eigenvalue weighted by molar-refractivity contribution is 6.30. The van der Waals surface area contributed by atoms with Crippen LogP contribution in [0.2, 0.25) is 5.02 Å². The third-order valence-corrected chi connectivity index (χ3v) is 5.10. The van der Waals surface area contributed by atoms with Gasteiger partial charge in [-0.3, -0.25) is 4.99 Å². The molecule has 0 atom stereocenters. The number of guanidine groups is 1. The molecule has 0 aliphatic heterocycles. The van der Waals surface area contributed by atoms with E-state index in [1.54, 1.807) is 11.7 Å². The molecule has 0 bridgehead atoms. The molecule has 1 aromatic heterocycles. The molecule has 3 rings (SSSR count). The van der Waals surface area contributed by atoms with Crippen molar-refractivity contribution in [1.29, 1.82) is 5.26 Å². The number of nitrogens with zero attached hydrogens (tertiary/aromatic N) is 5. The number of rotatable bonds is 7. The summed E-state index contributed by atoms with van der Waals surface area (Å²) >= 11 is 6.08. The Morgan fingerprint density at radius 1 is 1.26 bits per heavy atom. The standard InChI is InChI=1S/C23H26ClN7/c1-27-23(30(2)16-17-8-6-9-18(24)14-17)28-13-7-12-21-20(15-25)22(26)31(29-21)19-10-4-3-5-11-19/h3-6,8-11,14H,7,12-13,16,26H2,1-2H3,(H,27,28). The fourth-order valence-corrected chi connectivity index (χ4v) is 3.58. The Morgan fingerprint density at radius 3 is 2.71 bits per heavy atom. The fourth-order valence-electron chi connectivity index (χ4n) is 3.37. The molecule has 8 heteroatoms. The number of halogens is 1. The van der Waals surface area contributed by atoms with Gasteiger partial charge in [-0.2, -0.15) is 10.4 Å². The fraction of sp³-hybridized carbons (Fsp3) is 0.261. The summed E-state index contributed by atoms with van der Waals surface area (Å²) in [4.78, 5) is 6.39. The Hall–Kier alpha value is -3.50. The number of hydrogen-bond donors (Lipinski definition) is 2. The second-order valence-corrected chi connectivity index (χ2v) is 7.57. The molecule has 0 fully saturated rings. The molecular weight excluding hydrogens is 410 g/mol. The van der Waals surface area contributed by atoms with Crippen LogP contribution < -0.4 is 11.1 Å². The van der Waals surface area contributed by atoms with Crippen LogP contribution in [0.3, 0.4) is 0 Å². The van der Waals surface area contributed by atoms with E-state index < -0.39 is 0 Å². The van der Waals surface area contributed by atoms with Crippen LogP contribution in [0.25, 0.3) is 5.69 Å². The molecule has 160 valence electrons. The van der Waals surface area contributed by atoms with Gasteiger partial charge in [-0.1, -0.05) is 41.9 Å². The van der Waals surface area contributed by atoms with E-state index in [2.05, 4.69) is 21.5 Å². The maximum Gasteiger partial charge on any atom is 0.193 e. The second-order valence-electron chi connectivity index (χ2n) is 7.13. The first-order valence-electron chi connectivity index (χ1n) is 10.0. The van der Waals surface area contributed by atoms with Crippen LogP contribution in [-0.2, 0) is 13.0 Å². The summed E-state index contributed by atoms with van der Waals surface area (Å²) < 4.78 is 1.62. The van der Waals surface area contributed by atoms with E-state index in [9.17, 15) is 5.26 Å². The molecule has 3 aromatic rings. The number of aryl methyl sites for hydroxylation is 1. The topological polar surface area (TPSA) is 95.3 Å². The summed E-state index contributed by atoms with van der Waals surface area (Å²) in [5, 5.41) is 18.2. The number of nitrogens with two attached hydrogens (primary N) is 1. The van der Waals surface area contributed by atoms with E-state index in [4.69, 9.17) is 17.3 Å². The maximum absolute atomic E-state index is 9.54. The Bertz CT molecular complexity index is 1080. The molecule has 3 N–H and O–H groups in total. The van der Waals surface area contributed by atoms with Crippen LogP contribution in [0.15, 0.2) is 59.6 Å². The maximum atomic E-state index is 9.54. The Morgan fingerprint density at radius 2 is 2.03 bits per heavy atom. The van der Waals surface area contributed by atoms with Crippen molar-refractivity contribution in [3.05, 3.63) is 76.4 Å². The first-order valence-corrected chi connectivity index (χ1v) is 10.4. The molecule has 1 heterocycles. The normalized spacial score (nSPS) is 11.2. The summed E-state index contributed by atoms with van der Waals surface area (Å²) in [6.07, 6.45) is 1.42. The first-order chi connectivity index (χ1) is 15.0. The first kappa shape index (κ1) is 22.2. The van der Waals surface area contributed by atoms with Crippen LogP contribution >= 0.6 is 11.6 Å². The monoisotopic (exact) mass is 435 g/mol. The van der Waals surface area contributed by atoms with Gasteiger partial charge in [0.25, 0.3) is 0 Å². The largest absolute Gasteiger partial charge is 0.382 e. The van der Waals surface area contributed by atoms with Gasteiger partial charge in [-0.15, -0.1) is 0 Å². The zero-order chi connectivity index (χ0) is 22.2. The molecule has 2 aromatic carbocycles.